The number of nitrogens with one attached hydrogen (secondary N) is 2. The zero-order chi connectivity index (χ0) is 13.5. The average molecular weight is 408 g/mol. The highest BCUT2D eigenvalue weighted by atomic mass is 127. The minimum atomic E-state index is 0. The molecule has 4 nitrogen and oxygen atoms in total. The average Bonchev–Trinajstić information content (AvgIpc) is 2.98. The molecule has 114 valence electrons. The highest BCUT2D eigenvalue weighted by Gasteiger charge is 2.18. The highest BCUT2D eigenvalue weighted by Crippen LogP contribution is 2.22. The summed E-state index contributed by atoms with van der Waals surface area (Å²) < 4.78 is 0. The molecule has 6 heteroatoms. The number of hydrogen-bond acceptors (Lipinski definition) is 5. The van der Waals surface area contributed by atoms with E-state index < -0.39 is 0 Å². The molecular weight excluding hydrogens is 383 g/mol. The Labute approximate surface area is 143 Å². The van der Waals surface area contributed by atoms with Gasteiger partial charge >= 0.3 is 0 Å². The lowest BCUT2D eigenvalue weighted by molar-refractivity contribution is 0.219. The van der Waals surface area contributed by atoms with Crippen molar-refractivity contribution < 1.29 is 0 Å². The summed E-state index contributed by atoms with van der Waals surface area (Å²) in [5.74, 6) is 0.957. The molecule has 0 fully saturated rings. The van der Waals surface area contributed by atoms with Gasteiger partial charge in [0.05, 0.1) is 6.04 Å². The summed E-state index contributed by atoms with van der Waals surface area (Å²) in [5.41, 5.74) is 1.40. The third-order valence-electron chi connectivity index (χ3n) is 3.54. The van der Waals surface area contributed by atoms with Crippen LogP contribution >= 0.6 is 35.3 Å². The van der Waals surface area contributed by atoms with Crippen molar-refractivity contribution in [3.05, 3.63) is 22.4 Å². The minimum absolute atomic E-state index is 0. The zero-order valence-electron chi connectivity index (χ0n) is 12.3. The number of hydrogen-bond donors (Lipinski definition) is 2. The molecule has 1 unspecified atom stereocenters. The fourth-order valence-electron chi connectivity index (χ4n) is 2.43. The molecule has 1 aliphatic heterocycles. The van der Waals surface area contributed by atoms with Gasteiger partial charge in [-0.3, -0.25) is 9.89 Å². The van der Waals surface area contributed by atoms with E-state index in [0.29, 0.717) is 6.04 Å². The Hall–Kier alpha value is -0.340. The molecule has 2 N–H and O–H groups in total. The van der Waals surface area contributed by atoms with Gasteiger partial charge in [0.2, 0.25) is 0 Å². The second kappa shape index (κ2) is 9.57. The van der Waals surface area contributed by atoms with Crippen molar-refractivity contribution in [2.24, 2.45) is 4.99 Å². The Morgan fingerprint density at radius 1 is 1.45 bits per heavy atom. The van der Waals surface area contributed by atoms with Crippen LogP contribution in [0.4, 0.5) is 0 Å². The van der Waals surface area contributed by atoms with Crippen LogP contribution in [-0.2, 0) is 0 Å². The van der Waals surface area contributed by atoms with E-state index >= 15 is 0 Å². The molecule has 20 heavy (non-hydrogen) atoms. The molecule has 0 saturated carbocycles. The van der Waals surface area contributed by atoms with Gasteiger partial charge in [0.15, 0.2) is 5.96 Å². The van der Waals surface area contributed by atoms with Crippen LogP contribution in [0, 0.1) is 0 Å². The predicted molar refractivity (Wildman–Crippen MR) is 98.3 cm³/mol. The maximum atomic E-state index is 4.47. The monoisotopic (exact) mass is 408 g/mol. The molecule has 2 rings (SSSR count). The second-order valence-electron chi connectivity index (χ2n) is 4.69. The Bertz CT molecular complexity index is 390. The quantitative estimate of drug-likeness (QED) is 0.712. The summed E-state index contributed by atoms with van der Waals surface area (Å²) in [4.78, 5) is 6.96. The van der Waals surface area contributed by atoms with E-state index in [2.05, 4.69) is 51.2 Å². The first-order valence-electron chi connectivity index (χ1n) is 7.13. The van der Waals surface area contributed by atoms with Gasteiger partial charge in [-0.1, -0.05) is 13.8 Å². The van der Waals surface area contributed by atoms with Gasteiger partial charge in [-0.2, -0.15) is 11.3 Å². The lowest BCUT2D eigenvalue weighted by Crippen LogP contribution is -2.45. The number of rotatable bonds is 6. The first-order chi connectivity index (χ1) is 9.35. The van der Waals surface area contributed by atoms with Crippen LogP contribution in [0.5, 0.6) is 0 Å². The Balaban J connectivity index is 0.00000200. The van der Waals surface area contributed by atoms with Gasteiger partial charge < -0.3 is 10.6 Å². The molecular formula is C14H25IN4S. The smallest absolute Gasteiger partial charge is 0.191 e. The maximum Gasteiger partial charge on any atom is 0.191 e. The second-order valence-corrected chi connectivity index (χ2v) is 5.47. The molecule has 1 aromatic rings. The van der Waals surface area contributed by atoms with Gasteiger partial charge in [-0.25, -0.2) is 0 Å². The van der Waals surface area contributed by atoms with E-state index in [9.17, 15) is 0 Å². The summed E-state index contributed by atoms with van der Waals surface area (Å²) in [6.07, 6.45) is 1.13. The van der Waals surface area contributed by atoms with E-state index in [1.165, 1.54) is 5.56 Å². The van der Waals surface area contributed by atoms with Crippen molar-refractivity contribution in [3.8, 4) is 0 Å². The van der Waals surface area contributed by atoms with Crippen LogP contribution in [0.25, 0.3) is 0 Å². The Kier molecular flexibility index (Phi) is 8.47. The van der Waals surface area contributed by atoms with Crippen LogP contribution in [-0.4, -0.2) is 43.6 Å². The van der Waals surface area contributed by atoms with Crippen molar-refractivity contribution in [2.75, 3.05) is 32.7 Å². The number of likely N-dealkylation sites (N-methyl/N-ethyl adjacent to an activating group) is 1. The number of aliphatic imine (C=N–C) groups is 1. The van der Waals surface area contributed by atoms with Crippen molar-refractivity contribution in [3.63, 3.8) is 0 Å². The van der Waals surface area contributed by atoms with Crippen molar-refractivity contribution in [1.29, 1.82) is 0 Å². The van der Waals surface area contributed by atoms with Crippen molar-refractivity contribution in [2.45, 2.75) is 26.3 Å². The first kappa shape index (κ1) is 17.7. The van der Waals surface area contributed by atoms with E-state index in [-0.39, 0.29) is 24.0 Å². The number of halogens is 1. The van der Waals surface area contributed by atoms with E-state index in [4.69, 9.17) is 0 Å². The Morgan fingerprint density at radius 3 is 2.80 bits per heavy atom. The summed E-state index contributed by atoms with van der Waals surface area (Å²) in [7, 11) is 0. The van der Waals surface area contributed by atoms with Crippen molar-refractivity contribution in [1.82, 2.24) is 15.5 Å². The number of nitrogens with zero attached hydrogens (tertiary/aromatic N) is 2. The fourth-order valence-corrected chi connectivity index (χ4v) is 3.14. The normalized spacial score (nSPS) is 16.1. The van der Waals surface area contributed by atoms with E-state index in [1.807, 2.05) is 0 Å². The molecule has 0 aromatic carbocycles. The summed E-state index contributed by atoms with van der Waals surface area (Å²) >= 11 is 1.77. The predicted octanol–water partition coefficient (Wildman–Crippen LogP) is 2.69. The van der Waals surface area contributed by atoms with Crippen LogP contribution in [0.1, 0.15) is 31.9 Å². The molecule has 0 radical (unpaired) electrons. The van der Waals surface area contributed by atoms with Gasteiger partial charge in [0, 0.05) is 19.6 Å². The van der Waals surface area contributed by atoms with Crippen LogP contribution < -0.4 is 10.6 Å². The summed E-state index contributed by atoms with van der Waals surface area (Å²) in [6, 6.07) is 2.65. The number of guanidine groups is 1. The van der Waals surface area contributed by atoms with Crippen LogP contribution in [0.2, 0.25) is 0 Å². The molecule has 1 aromatic heterocycles. The molecule has 0 bridgehead atoms. The molecule has 0 aliphatic carbocycles. The third-order valence-corrected chi connectivity index (χ3v) is 4.24. The standard InChI is InChI=1S/C14H24N4S.HI/c1-3-18(4-2)13(12-6-9-19-11-12)10-17-14-15-7-5-8-16-14;/h6,9,11,13H,3-5,7-8,10H2,1-2H3,(H2,15,16,17);1H. The van der Waals surface area contributed by atoms with Crippen LogP contribution in [0.15, 0.2) is 21.8 Å². The largest absolute Gasteiger partial charge is 0.356 e. The number of thiophene rings is 1. The molecule has 0 amide bonds. The topological polar surface area (TPSA) is 39.7 Å². The lowest BCUT2D eigenvalue weighted by atomic mass is 10.1. The Morgan fingerprint density at radius 2 is 2.25 bits per heavy atom. The fraction of sp³-hybridized carbons (Fsp3) is 0.643. The van der Waals surface area contributed by atoms with Crippen LogP contribution in [0.3, 0.4) is 0 Å². The van der Waals surface area contributed by atoms with E-state index in [0.717, 1.165) is 45.1 Å². The zero-order valence-corrected chi connectivity index (χ0v) is 15.4. The molecule has 2 heterocycles. The van der Waals surface area contributed by atoms with Gasteiger partial charge in [-0.15, -0.1) is 24.0 Å². The van der Waals surface area contributed by atoms with Crippen molar-refractivity contribution >= 4 is 41.3 Å². The summed E-state index contributed by atoms with van der Waals surface area (Å²) in [6.45, 7) is 9.45. The van der Waals surface area contributed by atoms with E-state index in [1.54, 1.807) is 11.3 Å². The molecule has 0 spiro atoms. The molecule has 1 aliphatic rings. The lowest BCUT2D eigenvalue weighted by Gasteiger charge is -2.30. The molecule has 1 atom stereocenters. The molecule has 0 saturated heterocycles. The third kappa shape index (κ3) is 4.89. The maximum absolute atomic E-state index is 4.47. The minimum Gasteiger partial charge on any atom is -0.356 e. The first-order valence-corrected chi connectivity index (χ1v) is 8.07. The SMILES string of the molecule is CCN(CC)C(CNC1=NCCCN1)c1ccsc1.I. The van der Waals surface area contributed by atoms with Gasteiger partial charge in [0.25, 0.3) is 0 Å². The van der Waals surface area contributed by atoms with Gasteiger partial charge in [-0.05, 0) is 41.9 Å². The van der Waals surface area contributed by atoms with Gasteiger partial charge in [0.1, 0.15) is 0 Å². The highest BCUT2D eigenvalue weighted by molar-refractivity contribution is 14.0. The summed E-state index contributed by atoms with van der Waals surface area (Å²) in [5, 5.41) is 11.2.